The summed E-state index contributed by atoms with van der Waals surface area (Å²) in [4.78, 5) is 12.5. The molecule has 0 spiro atoms. The molecule has 0 bridgehead atoms. The lowest BCUT2D eigenvalue weighted by molar-refractivity contribution is 0.0951. The fraction of sp³-hybridized carbons (Fsp3) is 0.350. The SMILES string of the molecule is COc1cccc(-c2cc(CCNC(=O)c3c(C)noc3C(C)C)no2)c1. The molecule has 3 aromatic rings. The van der Waals surface area contributed by atoms with E-state index in [0.29, 0.717) is 35.7 Å². The minimum absolute atomic E-state index is 0.0907. The Balaban J connectivity index is 1.61. The second-order valence-electron chi connectivity index (χ2n) is 6.58. The summed E-state index contributed by atoms with van der Waals surface area (Å²) in [6.45, 7) is 6.13. The first-order chi connectivity index (χ1) is 13.0. The third-order valence-corrected chi connectivity index (χ3v) is 4.22. The molecule has 7 heteroatoms. The zero-order chi connectivity index (χ0) is 19.4. The van der Waals surface area contributed by atoms with Crippen molar-refractivity contribution < 1.29 is 18.6 Å². The van der Waals surface area contributed by atoms with E-state index in [4.69, 9.17) is 13.8 Å². The summed E-state index contributed by atoms with van der Waals surface area (Å²) in [6.07, 6.45) is 0.556. The van der Waals surface area contributed by atoms with Gasteiger partial charge in [-0.1, -0.05) is 36.3 Å². The molecule has 1 amide bonds. The third-order valence-electron chi connectivity index (χ3n) is 4.22. The lowest BCUT2D eigenvalue weighted by atomic mass is 10.0. The van der Waals surface area contributed by atoms with Gasteiger partial charge in [0.15, 0.2) is 11.5 Å². The Morgan fingerprint density at radius 2 is 2.04 bits per heavy atom. The highest BCUT2D eigenvalue weighted by Crippen LogP contribution is 2.25. The number of hydrogen-bond donors (Lipinski definition) is 1. The second-order valence-corrected chi connectivity index (χ2v) is 6.58. The lowest BCUT2D eigenvalue weighted by Gasteiger charge is -2.06. The van der Waals surface area contributed by atoms with Crippen LogP contribution in [0.4, 0.5) is 0 Å². The standard InChI is InChI=1S/C20H23N3O4/c1-12(2)19-18(13(3)22-27-19)20(24)21-9-8-15-11-17(26-23-15)14-6-5-7-16(10-14)25-4/h5-7,10-12H,8-9H2,1-4H3,(H,21,24). The Labute approximate surface area is 157 Å². The predicted molar refractivity (Wildman–Crippen MR) is 99.9 cm³/mol. The van der Waals surface area contributed by atoms with Gasteiger partial charge in [-0.25, -0.2) is 0 Å². The molecule has 7 nitrogen and oxygen atoms in total. The maximum Gasteiger partial charge on any atom is 0.256 e. The number of carbonyl (C=O) groups is 1. The molecule has 0 unspecified atom stereocenters. The van der Waals surface area contributed by atoms with Gasteiger partial charge in [-0.05, 0) is 19.1 Å². The molecule has 0 aliphatic rings. The molecule has 0 aliphatic heterocycles. The molecule has 0 saturated heterocycles. The Bertz CT molecular complexity index is 927. The number of aromatic nitrogens is 2. The minimum atomic E-state index is -0.186. The predicted octanol–water partition coefficient (Wildman–Crippen LogP) is 3.74. The van der Waals surface area contributed by atoms with Crippen LogP contribution in [0.5, 0.6) is 5.75 Å². The Morgan fingerprint density at radius 3 is 2.78 bits per heavy atom. The number of nitrogens with zero attached hydrogens (tertiary/aromatic N) is 2. The fourth-order valence-corrected chi connectivity index (χ4v) is 2.79. The van der Waals surface area contributed by atoms with Crippen molar-refractivity contribution in [3.8, 4) is 17.1 Å². The number of ether oxygens (including phenoxy) is 1. The first-order valence-electron chi connectivity index (χ1n) is 8.84. The van der Waals surface area contributed by atoms with Crippen molar-refractivity contribution in [2.24, 2.45) is 0 Å². The first kappa shape index (κ1) is 18.7. The molecule has 0 fully saturated rings. The molecule has 27 heavy (non-hydrogen) atoms. The van der Waals surface area contributed by atoms with Gasteiger partial charge in [-0.15, -0.1) is 0 Å². The molecule has 0 atom stereocenters. The van der Waals surface area contributed by atoms with Crippen LogP contribution in [0, 0.1) is 6.92 Å². The van der Waals surface area contributed by atoms with Crippen molar-refractivity contribution in [3.05, 3.63) is 53.0 Å². The van der Waals surface area contributed by atoms with E-state index < -0.39 is 0 Å². The second kappa shape index (κ2) is 8.07. The molecule has 2 heterocycles. The van der Waals surface area contributed by atoms with Crippen LogP contribution in [-0.4, -0.2) is 29.9 Å². The number of rotatable bonds is 7. The van der Waals surface area contributed by atoms with E-state index in [2.05, 4.69) is 15.6 Å². The van der Waals surface area contributed by atoms with Crippen molar-refractivity contribution in [3.63, 3.8) is 0 Å². The zero-order valence-corrected chi connectivity index (χ0v) is 15.9. The lowest BCUT2D eigenvalue weighted by Crippen LogP contribution is -2.27. The maximum absolute atomic E-state index is 12.5. The molecular weight excluding hydrogens is 346 g/mol. The number of benzene rings is 1. The number of amides is 1. The largest absolute Gasteiger partial charge is 0.497 e. The van der Waals surface area contributed by atoms with E-state index >= 15 is 0 Å². The van der Waals surface area contributed by atoms with E-state index in [1.165, 1.54) is 0 Å². The van der Waals surface area contributed by atoms with Crippen LogP contribution in [0.3, 0.4) is 0 Å². The summed E-state index contributed by atoms with van der Waals surface area (Å²) in [6, 6.07) is 9.44. The smallest absolute Gasteiger partial charge is 0.256 e. The third kappa shape index (κ3) is 4.19. The number of hydrogen-bond acceptors (Lipinski definition) is 6. The molecule has 0 radical (unpaired) electrons. The highest BCUT2D eigenvalue weighted by Gasteiger charge is 2.22. The Hall–Kier alpha value is -3.09. The van der Waals surface area contributed by atoms with Crippen molar-refractivity contribution in [2.75, 3.05) is 13.7 Å². The van der Waals surface area contributed by atoms with Gasteiger partial charge in [0.1, 0.15) is 11.3 Å². The molecule has 0 aliphatic carbocycles. The molecule has 1 aromatic carbocycles. The van der Waals surface area contributed by atoms with E-state index in [9.17, 15) is 4.79 Å². The molecule has 142 valence electrons. The van der Waals surface area contributed by atoms with E-state index in [0.717, 1.165) is 17.0 Å². The molecule has 3 rings (SSSR count). The Kier molecular flexibility index (Phi) is 5.59. The average Bonchev–Trinajstić information content (AvgIpc) is 3.28. The summed E-state index contributed by atoms with van der Waals surface area (Å²) >= 11 is 0. The number of nitrogens with one attached hydrogen (secondary N) is 1. The van der Waals surface area contributed by atoms with Crippen molar-refractivity contribution in [1.29, 1.82) is 0 Å². The fourth-order valence-electron chi connectivity index (χ4n) is 2.79. The highest BCUT2D eigenvalue weighted by molar-refractivity contribution is 5.96. The van der Waals surface area contributed by atoms with Gasteiger partial charge in [0.05, 0.1) is 18.5 Å². The van der Waals surface area contributed by atoms with Crippen molar-refractivity contribution in [1.82, 2.24) is 15.6 Å². The van der Waals surface area contributed by atoms with E-state index in [1.807, 2.05) is 44.2 Å². The first-order valence-corrected chi connectivity index (χ1v) is 8.84. The maximum atomic E-state index is 12.5. The highest BCUT2D eigenvalue weighted by atomic mass is 16.5. The van der Waals surface area contributed by atoms with Gasteiger partial charge >= 0.3 is 0 Å². The number of methoxy groups -OCH3 is 1. The topological polar surface area (TPSA) is 90.4 Å². The summed E-state index contributed by atoms with van der Waals surface area (Å²) in [5.41, 5.74) is 2.76. The van der Waals surface area contributed by atoms with Gasteiger partial charge in [0.2, 0.25) is 0 Å². The quantitative estimate of drug-likeness (QED) is 0.682. The minimum Gasteiger partial charge on any atom is -0.497 e. The van der Waals surface area contributed by atoms with Gasteiger partial charge in [-0.2, -0.15) is 0 Å². The molecule has 1 N–H and O–H groups in total. The molecule has 2 aromatic heterocycles. The molecular formula is C20H23N3O4. The van der Waals surface area contributed by atoms with E-state index in [-0.39, 0.29) is 11.8 Å². The van der Waals surface area contributed by atoms with E-state index in [1.54, 1.807) is 14.0 Å². The number of carbonyl (C=O) groups excluding carboxylic acids is 1. The van der Waals surface area contributed by atoms with Crippen LogP contribution >= 0.6 is 0 Å². The normalized spacial score (nSPS) is 11.0. The van der Waals surface area contributed by atoms with Gasteiger partial charge in [-0.3, -0.25) is 4.79 Å². The van der Waals surface area contributed by atoms with Crippen LogP contribution in [0.1, 0.15) is 47.3 Å². The zero-order valence-electron chi connectivity index (χ0n) is 15.9. The van der Waals surface area contributed by atoms with Gasteiger partial charge in [0.25, 0.3) is 5.91 Å². The summed E-state index contributed by atoms with van der Waals surface area (Å²) in [5.74, 6) is 1.92. The van der Waals surface area contributed by atoms with Crippen LogP contribution < -0.4 is 10.1 Å². The van der Waals surface area contributed by atoms with Crippen molar-refractivity contribution in [2.45, 2.75) is 33.1 Å². The summed E-state index contributed by atoms with van der Waals surface area (Å²) < 4.78 is 15.9. The van der Waals surface area contributed by atoms with Crippen LogP contribution in [-0.2, 0) is 6.42 Å². The van der Waals surface area contributed by atoms with Crippen molar-refractivity contribution >= 4 is 5.91 Å². The summed E-state index contributed by atoms with van der Waals surface area (Å²) in [5, 5.41) is 10.9. The average molecular weight is 369 g/mol. The van der Waals surface area contributed by atoms with Gasteiger partial charge < -0.3 is 19.1 Å². The number of aryl methyl sites for hydroxylation is 1. The van der Waals surface area contributed by atoms with Crippen LogP contribution in [0.25, 0.3) is 11.3 Å². The summed E-state index contributed by atoms with van der Waals surface area (Å²) in [7, 11) is 1.62. The van der Waals surface area contributed by atoms with Crippen LogP contribution in [0.15, 0.2) is 39.4 Å². The molecule has 0 saturated carbocycles. The Morgan fingerprint density at radius 1 is 1.22 bits per heavy atom. The van der Waals surface area contributed by atoms with Gasteiger partial charge in [0, 0.05) is 30.5 Å². The monoisotopic (exact) mass is 369 g/mol. The van der Waals surface area contributed by atoms with Crippen LogP contribution in [0.2, 0.25) is 0 Å².